The van der Waals surface area contributed by atoms with E-state index in [-0.39, 0.29) is 11.9 Å². The zero-order valence-electron chi connectivity index (χ0n) is 10.7. The topological polar surface area (TPSA) is 20.2 Å². The molecule has 0 heterocycles. The number of halogens is 1. The summed E-state index contributed by atoms with van der Waals surface area (Å²) in [5, 5.41) is 10.1. The molecule has 0 spiro atoms. The normalized spacial score (nSPS) is 18.5. The monoisotopic (exact) mass is 256 g/mol. The van der Waals surface area contributed by atoms with E-state index in [2.05, 4.69) is 24.3 Å². The van der Waals surface area contributed by atoms with Crippen molar-refractivity contribution in [3.63, 3.8) is 0 Å². The van der Waals surface area contributed by atoms with Crippen LogP contribution in [0, 0.1) is 5.82 Å². The fourth-order valence-corrected chi connectivity index (χ4v) is 2.88. The molecule has 0 radical (unpaired) electrons. The Hall–Kier alpha value is -1.67. The molecule has 1 aliphatic rings. The van der Waals surface area contributed by atoms with Crippen molar-refractivity contribution in [1.82, 2.24) is 0 Å². The second-order valence-electron chi connectivity index (χ2n) is 5.32. The lowest BCUT2D eigenvalue weighted by Crippen LogP contribution is -2.23. The molecule has 2 heteroatoms. The third kappa shape index (κ3) is 2.69. The van der Waals surface area contributed by atoms with Gasteiger partial charge in [-0.1, -0.05) is 36.4 Å². The molecular formula is C17H17FO. The van der Waals surface area contributed by atoms with Gasteiger partial charge in [-0.3, -0.25) is 0 Å². The molecule has 0 saturated heterocycles. The maximum atomic E-state index is 12.8. The van der Waals surface area contributed by atoms with Gasteiger partial charge in [-0.2, -0.15) is 0 Å². The summed E-state index contributed by atoms with van der Waals surface area (Å²) >= 11 is 0. The predicted octanol–water partition coefficient (Wildman–Crippen LogP) is 3.46. The molecule has 3 rings (SSSR count). The lowest BCUT2D eigenvalue weighted by Gasteiger charge is -2.31. The smallest absolute Gasteiger partial charge is 0.123 e. The zero-order chi connectivity index (χ0) is 13.2. The molecule has 0 aromatic heterocycles. The minimum absolute atomic E-state index is 0.230. The van der Waals surface area contributed by atoms with Gasteiger partial charge >= 0.3 is 0 Å². The summed E-state index contributed by atoms with van der Waals surface area (Å²) in [5.74, 6) is 0.248. The summed E-state index contributed by atoms with van der Waals surface area (Å²) < 4.78 is 12.8. The number of aliphatic hydroxyl groups is 1. The molecule has 0 amide bonds. The van der Waals surface area contributed by atoms with Gasteiger partial charge in [-0.05, 0) is 54.0 Å². The van der Waals surface area contributed by atoms with Gasteiger partial charge in [0.25, 0.3) is 0 Å². The first-order valence-corrected chi connectivity index (χ1v) is 6.72. The second-order valence-corrected chi connectivity index (χ2v) is 5.32. The first kappa shape index (κ1) is 12.4. The van der Waals surface area contributed by atoms with E-state index >= 15 is 0 Å². The van der Waals surface area contributed by atoms with Gasteiger partial charge in [0.05, 0.1) is 6.10 Å². The Morgan fingerprint density at radius 1 is 1.11 bits per heavy atom. The van der Waals surface area contributed by atoms with Gasteiger partial charge in [0.1, 0.15) is 5.82 Å². The highest BCUT2D eigenvalue weighted by molar-refractivity contribution is 5.39. The Balaban J connectivity index is 1.58. The van der Waals surface area contributed by atoms with E-state index < -0.39 is 0 Å². The summed E-state index contributed by atoms with van der Waals surface area (Å²) in [6.07, 6.45) is 2.09. The average molecular weight is 256 g/mol. The summed E-state index contributed by atoms with van der Waals surface area (Å²) in [7, 11) is 0. The van der Waals surface area contributed by atoms with E-state index in [0.717, 1.165) is 18.4 Å². The Morgan fingerprint density at radius 2 is 1.84 bits per heavy atom. The lowest BCUT2D eigenvalue weighted by molar-refractivity contribution is 0.151. The number of aliphatic hydroxyl groups excluding tert-OH is 1. The average Bonchev–Trinajstić information content (AvgIpc) is 2.39. The fraction of sp³-hybridized carbons (Fsp3) is 0.294. The maximum Gasteiger partial charge on any atom is 0.123 e. The van der Waals surface area contributed by atoms with Crippen LogP contribution in [0.2, 0.25) is 0 Å². The molecule has 0 fully saturated rings. The van der Waals surface area contributed by atoms with E-state index in [4.69, 9.17) is 0 Å². The van der Waals surface area contributed by atoms with Crippen molar-refractivity contribution in [2.45, 2.75) is 31.3 Å². The largest absolute Gasteiger partial charge is 0.393 e. The van der Waals surface area contributed by atoms with E-state index in [1.165, 1.54) is 23.3 Å². The molecule has 0 aliphatic heterocycles. The Labute approximate surface area is 112 Å². The molecule has 1 N–H and O–H groups in total. The van der Waals surface area contributed by atoms with E-state index in [1.807, 2.05) is 0 Å². The minimum Gasteiger partial charge on any atom is -0.393 e. The van der Waals surface area contributed by atoms with Crippen molar-refractivity contribution in [1.29, 1.82) is 0 Å². The molecule has 2 unspecified atom stereocenters. The number of rotatable bonds is 4. The molecule has 2 aromatic rings. The van der Waals surface area contributed by atoms with E-state index in [9.17, 15) is 9.50 Å². The minimum atomic E-state index is -0.358. The lowest BCUT2D eigenvalue weighted by atomic mass is 9.74. The SMILES string of the molecule is OC(Cc1ccc(F)cc1)CC1Cc2ccccc21. The standard InChI is InChI=1S/C17H17FO/c18-15-7-5-12(6-8-15)9-16(19)11-14-10-13-3-1-2-4-17(13)14/h1-8,14,16,19H,9-11H2. The Bertz CT molecular complexity index is 562. The predicted molar refractivity (Wildman–Crippen MR) is 73.6 cm³/mol. The van der Waals surface area contributed by atoms with Crippen LogP contribution in [-0.4, -0.2) is 11.2 Å². The summed E-state index contributed by atoms with van der Waals surface area (Å²) in [6, 6.07) is 14.8. The quantitative estimate of drug-likeness (QED) is 0.888. The molecule has 1 aliphatic carbocycles. The van der Waals surface area contributed by atoms with Crippen LogP contribution >= 0.6 is 0 Å². The highest BCUT2D eigenvalue weighted by Gasteiger charge is 2.27. The molecule has 1 nitrogen and oxygen atoms in total. The van der Waals surface area contributed by atoms with Crippen molar-refractivity contribution in [2.24, 2.45) is 0 Å². The zero-order valence-corrected chi connectivity index (χ0v) is 10.7. The third-order valence-electron chi connectivity index (χ3n) is 3.90. The van der Waals surface area contributed by atoms with Crippen LogP contribution in [0.1, 0.15) is 29.0 Å². The van der Waals surface area contributed by atoms with Crippen LogP contribution in [0.3, 0.4) is 0 Å². The first-order chi connectivity index (χ1) is 9.22. The molecule has 2 aromatic carbocycles. The highest BCUT2D eigenvalue weighted by atomic mass is 19.1. The van der Waals surface area contributed by atoms with Gasteiger partial charge in [0, 0.05) is 0 Å². The first-order valence-electron chi connectivity index (χ1n) is 6.72. The van der Waals surface area contributed by atoms with Crippen molar-refractivity contribution in [3.8, 4) is 0 Å². The summed E-state index contributed by atoms with van der Waals surface area (Å²) in [4.78, 5) is 0. The Kier molecular flexibility index (Phi) is 3.34. The van der Waals surface area contributed by atoms with Gasteiger partial charge in [0.15, 0.2) is 0 Å². The van der Waals surface area contributed by atoms with Gasteiger partial charge in [0.2, 0.25) is 0 Å². The Morgan fingerprint density at radius 3 is 2.58 bits per heavy atom. The molecule has 2 atom stereocenters. The third-order valence-corrected chi connectivity index (χ3v) is 3.90. The van der Waals surface area contributed by atoms with Crippen LogP contribution in [0.15, 0.2) is 48.5 Å². The molecule has 98 valence electrons. The van der Waals surface area contributed by atoms with Crippen LogP contribution < -0.4 is 0 Å². The van der Waals surface area contributed by atoms with E-state index in [1.54, 1.807) is 12.1 Å². The summed E-state index contributed by atoms with van der Waals surface area (Å²) in [6.45, 7) is 0. The second kappa shape index (κ2) is 5.14. The van der Waals surface area contributed by atoms with Crippen molar-refractivity contribution < 1.29 is 9.50 Å². The maximum absolute atomic E-state index is 12.8. The van der Waals surface area contributed by atoms with Gasteiger partial charge < -0.3 is 5.11 Å². The van der Waals surface area contributed by atoms with Crippen molar-refractivity contribution >= 4 is 0 Å². The van der Waals surface area contributed by atoms with Crippen LogP contribution in [0.5, 0.6) is 0 Å². The number of benzene rings is 2. The van der Waals surface area contributed by atoms with Crippen molar-refractivity contribution in [3.05, 3.63) is 71.0 Å². The molecular weight excluding hydrogens is 239 g/mol. The van der Waals surface area contributed by atoms with Crippen LogP contribution in [0.4, 0.5) is 4.39 Å². The molecule has 0 bridgehead atoms. The summed E-state index contributed by atoms with van der Waals surface area (Å²) in [5.41, 5.74) is 3.77. The van der Waals surface area contributed by atoms with Crippen LogP contribution in [0.25, 0.3) is 0 Å². The molecule has 0 saturated carbocycles. The number of hydrogen-bond acceptors (Lipinski definition) is 1. The number of fused-ring (bicyclic) bond motifs is 1. The van der Waals surface area contributed by atoms with Crippen molar-refractivity contribution in [2.75, 3.05) is 0 Å². The van der Waals surface area contributed by atoms with Gasteiger partial charge in [-0.15, -0.1) is 0 Å². The molecule has 19 heavy (non-hydrogen) atoms. The van der Waals surface area contributed by atoms with Crippen LogP contribution in [-0.2, 0) is 12.8 Å². The van der Waals surface area contributed by atoms with Gasteiger partial charge in [-0.25, -0.2) is 4.39 Å². The fourth-order valence-electron chi connectivity index (χ4n) is 2.88. The van der Waals surface area contributed by atoms with E-state index in [0.29, 0.717) is 12.3 Å². The highest BCUT2D eigenvalue weighted by Crippen LogP contribution is 2.38. The number of hydrogen-bond donors (Lipinski definition) is 1.